The van der Waals surface area contributed by atoms with Crippen molar-refractivity contribution in [2.75, 3.05) is 5.32 Å². The summed E-state index contributed by atoms with van der Waals surface area (Å²) in [5.74, 6) is 0.749. The van der Waals surface area contributed by atoms with E-state index >= 15 is 0 Å². The van der Waals surface area contributed by atoms with Crippen molar-refractivity contribution in [2.45, 2.75) is 6.92 Å². The Hall–Kier alpha value is -4.30. The molecule has 3 heterocycles. The number of nitrogens with zero attached hydrogens (tertiary/aromatic N) is 4. The predicted octanol–water partition coefficient (Wildman–Crippen LogP) is 5.69. The number of hydrogen-bond acceptors (Lipinski definition) is 7. The van der Waals surface area contributed by atoms with Crippen LogP contribution in [0, 0.1) is 6.92 Å². The Balaban J connectivity index is 1.35. The molecule has 0 saturated carbocycles. The van der Waals surface area contributed by atoms with Gasteiger partial charge in [0.1, 0.15) is 23.3 Å². The highest BCUT2D eigenvalue weighted by Gasteiger charge is 2.21. The molecule has 0 aliphatic carbocycles. The third-order valence-corrected chi connectivity index (χ3v) is 5.13. The Morgan fingerprint density at radius 2 is 1.88 bits per heavy atom. The van der Waals surface area contributed by atoms with E-state index in [4.69, 9.17) is 20.9 Å². The van der Waals surface area contributed by atoms with Crippen LogP contribution in [0.3, 0.4) is 0 Å². The number of pyridine rings is 1. The summed E-state index contributed by atoms with van der Waals surface area (Å²) in [4.78, 5) is 25.6. The fourth-order valence-electron chi connectivity index (χ4n) is 3.33. The molecular formula is C24H16ClN5O3. The maximum absolute atomic E-state index is 12.9. The van der Waals surface area contributed by atoms with Gasteiger partial charge in [-0.3, -0.25) is 4.79 Å². The van der Waals surface area contributed by atoms with Gasteiger partial charge in [-0.15, -0.1) is 0 Å². The normalized spacial score (nSPS) is 10.8. The fraction of sp³-hybridized carbons (Fsp3) is 0.0417. The standard InChI is InChI=1S/C24H16ClN5O3/c1-14-21(22(30-33-14)15-5-3-2-4-6-15)23(31)29-17-8-10-20(26-12-17)32-24-18-9-7-16(25)11-19(18)27-13-28-24/h2-13H,1H3,(H,29,31). The summed E-state index contributed by atoms with van der Waals surface area (Å²) in [7, 11) is 0. The lowest BCUT2D eigenvalue weighted by atomic mass is 10.1. The van der Waals surface area contributed by atoms with Crippen LogP contribution in [0.5, 0.6) is 11.8 Å². The quantitative estimate of drug-likeness (QED) is 0.361. The van der Waals surface area contributed by atoms with Crippen molar-refractivity contribution >= 4 is 34.1 Å². The fourth-order valence-corrected chi connectivity index (χ4v) is 3.49. The van der Waals surface area contributed by atoms with Gasteiger partial charge in [0.2, 0.25) is 11.8 Å². The molecule has 0 bridgehead atoms. The van der Waals surface area contributed by atoms with E-state index in [1.54, 1.807) is 37.3 Å². The summed E-state index contributed by atoms with van der Waals surface area (Å²) in [6.07, 6.45) is 2.90. The van der Waals surface area contributed by atoms with Gasteiger partial charge in [-0.1, -0.05) is 47.1 Å². The average molecular weight is 458 g/mol. The molecule has 33 heavy (non-hydrogen) atoms. The molecule has 5 rings (SSSR count). The number of hydrogen-bond donors (Lipinski definition) is 1. The minimum atomic E-state index is -0.346. The van der Waals surface area contributed by atoms with E-state index in [0.29, 0.717) is 50.4 Å². The van der Waals surface area contributed by atoms with Crippen molar-refractivity contribution in [1.29, 1.82) is 0 Å². The number of carbonyl (C=O) groups is 1. The zero-order valence-corrected chi connectivity index (χ0v) is 18.1. The Labute approximate surface area is 193 Å². The molecule has 2 aromatic carbocycles. The number of ether oxygens (including phenoxy) is 1. The maximum atomic E-state index is 12.9. The second-order valence-electron chi connectivity index (χ2n) is 7.11. The predicted molar refractivity (Wildman–Crippen MR) is 123 cm³/mol. The van der Waals surface area contributed by atoms with Gasteiger partial charge in [0.15, 0.2) is 0 Å². The van der Waals surface area contributed by atoms with Gasteiger partial charge in [-0.2, -0.15) is 0 Å². The van der Waals surface area contributed by atoms with Gasteiger partial charge in [-0.25, -0.2) is 15.0 Å². The van der Waals surface area contributed by atoms with E-state index in [2.05, 4.69) is 25.4 Å². The lowest BCUT2D eigenvalue weighted by molar-refractivity contribution is 0.102. The first-order chi connectivity index (χ1) is 16.1. The summed E-state index contributed by atoms with van der Waals surface area (Å²) in [5.41, 5.74) is 2.79. The van der Waals surface area contributed by atoms with E-state index in [-0.39, 0.29) is 5.91 Å². The van der Waals surface area contributed by atoms with Crippen molar-refractivity contribution in [1.82, 2.24) is 20.1 Å². The molecule has 0 atom stereocenters. The van der Waals surface area contributed by atoms with E-state index < -0.39 is 0 Å². The lowest BCUT2D eigenvalue weighted by Crippen LogP contribution is -2.13. The smallest absolute Gasteiger partial charge is 0.261 e. The minimum Gasteiger partial charge on any atom is -0.420 e. The van der Waals surface area contributed by atoms with Crippen LogP contribution in [0.15, 0.2) is 77.7 Å². The molecule has 1 N–H and O–H groups in total. The van der Waals surface area contributed by atoms with Crippen LogP contribution in [-0.2, 0) is 0 Å². The molecular weight excluding hydrogens is 442 g/mol. The van der Waals surface area contributed by atoms with Gasteiger partial charge in [0.25, 0.3) is 5.91 Å². The Morgan fingerprint density at radius 1 is 1.03 bits per heavy atom. The maximum Gasteiger partial charge on any atom is 0.261 e. The van der Waals surface area contributed by atoms with Crippen LogP contribution < -0.4 is 10.1 Å². The van der Waals surface area contributed by atoms with Crippen molar-refractivity contribution in [3.63, 3.8) is 0 Å². The number of amides is 1. The summed E-state index contributed by atoms with van der Waals surface area (Å²) in [5, 5.41) is 8.15. The lowest BCUT2D eigenvalue weighted by Gasteiger charge is -2.08. The third kappa shape index (κ3) is 4.24. The number of halogens is 1. The molecule has 0 spiro atoms. The molecule has 0 fully saturated rings. The van der Waals surface area contributed by atoms with Crippen LogP contribution in [-0.4, -0.2) is 26.0 Å². The first kappa shape index (κ1) is 20.6. The summed E-state index contributed by atoms with van der Waals surface area (Å²) >= 11 is 6.02. The molecule has 162 valence electrons. The number of fused-ring (bicyclic) bond motifs is 1. The van der Waals surface area contributed by atoms with E-state index in [0.717, 1.165) is 5.56 Å². The molecule has 1 amide bonds. The number of nitrogens with one attached hydrogen (secondary N) is 1. The molecule has 0 aliphatic heterocycles. The second kappa shape index (κ2) is 8.68. The SMILES string of the molecule is Cc1onc(-c2ccccc2)c1C(=O)Nc1ccc(Oc2ncnc3cc(Cl)ccc23)nc1. The highest BCUT2D eigenvalue weighted by atomic mass is 35.5. The summed E-state index contributed by atoms with van der Waals surface area (Å²) < 4.78 is 11.1. The molecule has 0 radical (unpaired) electrons. The average Bonchev–Trinajstić information content (AvgIpc) is 3.22. The van der Waals surface area contributed by atoms with Gasteiger partial charge < -0.3 is 14.6 Å². The molecule has 3 aromatic heterocycles. The zero-order chi connectivity index (χ0) is 22.8. The minimum absolute atomic E-state index is 0.314. The molecule has 8 nitrogen and oxygen atoms in total. The van der Waals surface area contributed by atoms with E-state index in [9.17, 15) is 4.79 Å². The Morgan fingerprint density at radius 3 is 2.67 bits per heavy atom. The third-order valence-electron chi connectivity index (χ3n) is 4.89. The van der Waals surface area contributed by atoms with Gasteiger partial charge >= 0.3 is 0 Å². The number of anilines is 1. The molecule has 0 saturated heterocycles. The molecule has 5 aromatic rings. The van der Waals surface area contributed by atoms with E-state index in [1.807, 2.05) is 30.3 Å². The summed E-state index contributed by atoms with van der Waals surface area (Å²) in [6.45, 7) is 1.70. The molecule has 0 aliphatic rings. The topological polar surface area (TPSA) is 103 Å². The number of carbonyl (C=O) groups excluding carboxylic acids is 1. The Bertz CT molecular complexity index is 1450. The molecule has 0 unspecified atom stereocenters. The van der Waals surface area contributed by atoms with E-state index in [1.165, 1.54) is 12.5 Å². The highest BCUT2D eigenvalue weighted by Crippen LogP contribution is 2.29. The second-order valence-corrected chi connectivity index (χ2v) is 7.55. The van der Waals surface area contributed by atoms with Crippen molar-refractivity contribution in [3.05, 3.63) is 89.5 Å². The van der Waals surface area contributed by atoms with Crippen LogP contribution in [0.1, 0.15) is 16.1 Å². The largest absolute Gasteiger partial charge is 0.420 e. The first-order valence-corrected chi connectivity index (χ1v) is 10.3. The van der Waals surface area contributed by atoms with Crippen molar-refractivity contribution < 1.29 is 14.1 Å². The Kier molecular flexibility index (Phi) is 5.42. The van der Waals surface area contributed by atoms with Crippen LogP contribution in [0.25, 0.3) is 22.2 Å². The summed E-state index contributed by atoms with van der Waals surface area (Å²) in [6, 6.07) is 18.0. The van der Waals surface area contributed by atoms with Gasteiger partial charge in [0.05, 0.1) is 22.8 Å². The number of benzene rings is 2. The van der Waals surface area contributed by atoms with Gasteiger partial charge in [0, 0.05) is 16.7 Å². The molecule has 9 heteroatoms. The number of rotatable bonds is 5. The zero-order valence-electron chi connectivity index (χ0n) is 17.3. The van der Waals surface area contributed by atoms with Crippen LogP contribution >= 0.6 is 11.6 Å². The number of aromatic nitrogens is 4. The number of aryl methyl sites for hydroxylation is 1. The first-order valence-electron chi connectivity index (χ1n) is 9.96. The monoisotopic (exact) mass is 457 g/mol. The van der Waals surface area contributed by atoms with Crippen molar-refractivity contribution in [3.8, 4) is 23.0 Å². The van der Waals surface area contributed by atoms with Crippen LogP contribution in [0.2, 0.25) is 5.02 Å². The van der Waals surface area contributed by atoms with Crippen molar-refractivity contribution in [2.24, 2.45) is 0 Å². The van der Waals surface area contributed by atoms with Crippen LogP contribution in [0.4, 0.5) is 5.69 Å². The highest BCUT2D eigenvalue weighted by molar-refractivity contribution is 6.31. The van der Waals surface area contributed by atoms with Gasteiger partial charge in [-0.05, 0) is 31.2 Å².